The normalized spacial score (nSPS) is 34.5. The van der Waals surface area contributed by atoms with E-state index in [9.17, 15) is 0 Å². The smallest absolute Gasteiger partial charge is 0.0759 e. The summed E-state index contributed by atoms with van der Waals surface area (Å²) in [6.45, 7) is 15.5. The highest BCUT2D eigenvalue weighted by Gasteiger charge is 2.57. The van der Waals surface area contributed by atoms with Crippen LogP contribution in [0.2, 0.25) is 0 Å². The fraction of sp³-hybridized carbons (Fsp3) is 0.514. The van der Waals surface area contributed by atoms with Gasteiger partial charge < -0.3 is 4.90 Å². The summed E-state index contributed by atoms with van der Waals surface area (Å²) in [5, 5.41) is 0. The van der Waals surface area contributed by atoms with Gasteiger partial charge in [0.05, 0.1) is 6.04 Å². The molecule has 1 heteroatoms. The average molecular weight is 502 g/mol. The zero-order chi connectivity index (χ0) is 26.1. The van der Waals surface area contributed by atoms with E-state index in [0.717, 1.165) is 18.4 Å². The van der Waals surface area contributed by atoms with Crippen molar-refractivity contribution in [2.45, 2.75) is 98.4 Å². The second-order valence-corrected chi connectivity index (χ2v) is 13.9. The third kappa shape index (κ3) is 2.94. The summed E-state index contributed by atoms with van der Waals surface area (Å²) in [5.74, 6) is 2.07. The Labute approximate surface area is 229 Å². The molecule has 38 heavy (non-hydrogen) atoms. The van der Waals surface area contributed by atoms with Crippen LogP contribution in [0.1, 0.15) is 91.2 Å². The maximum atomic E-state index is 2.76. The third-order valence-electron chi connectivity index (χ3n) is 12.2. The molecule has 1 saturated carbocycles. The lowest BCUT2D eigenvalue weighted by Crippen LogP contribution is -2.34. The minimum absolute atomic E-state index is 0.202. The highest BCUT2D eigenvalue weighted by atomic mass is 15.2. The van der Waals surface area contributed by atoms with E-state index < -0.39 is 0 Å². The van der Waals surface area contributed by atoms with E-state index in [2.05, 4.69) is 76.9 Å². The van der Waals surface area contributed by atoms with E-state index in [-0.39, 0.29) is 5.41 Å². The molecule has 0 bridgehead atoms. The minimum atomic E-state index is 0.202. The molecule has 1 aromatic carbocycles. The van der Waals surface area contributed by atoms with E-state index in [1.54, 1.807) is 44.6 Å². The van der Waals surface area contributed by atoms with Crippen molar-refractivity contribution in [3.05, 3.63) is 103 Å². The van der Waals surface area contributed by atoms with Crippen LogP contribution in [0.25, 0.3) is 0 Å². The van der Waals surface area contributed by atoms with Crippen LogP contribution < -0.4 is 0 Å². The number of benzene rings is 1. The molecule has 0 radical (unpaired) electrons. The molecule has 5 atom stereocenters. The molecule has 1 nitrogen and oxygen atoms in total. The Morgan fingerprint density at radius 1 is 0.842 bits per heavy atom. The van der Waals surface area contributed by atoms with Crippen molar-refractivity contribution in [2.75, 3.05) is 6.54 Å². The van der Waals surface area contributed by atoms with E-state index in [0.29, 0.717) is 12.0 Å². The number of fused-ring (bicyclic) bond motifs is 8. The number of rotatable bonds is 1. The van der Waals surface area contributed by atoms with Crippen molar-refractivity contribution in [3.63, 3.8) is 0 Å². The molecule has 1 fully saturated rings. The number of hydrogen-bond acceptors (Lipinski definition) is 1. The lowest BCUT2D eigenvalue weighted by molar-refractivity contribution is 0.367. The Hall–Kier alpha value is -2.54. The molecule has 0 spiro atoms. The molecule has 0 aromatic heterocycles. The van der Waals surface area contributed by atoms with Gasteiger partial charge in [-0.3, -0.25) is 0 Å². The number of hydrogen-bond donors (Lipinski definition) is 0. The second-order valence-electron chi connectivity index (χ2n) is 13.9. The Morgan fingerprint density at radius 2 is 1.58 bits per heavy atom. The Morgan fingerprint density at radius 3 is 2.37 bits per heavy atom. The molecular weight excluding hydrogens is 458 g/mol. The van der Waals surface area contributed by atoms with E-state index in [1.165, 1.54) is 72.8 Å². The first-order valence-corrected chi connectivity index (χ1v) is 15.4. The zero-order valence-corrected chi connectivity index (χ0v) is 24.3. The van der Waals surface area contributed by atoms with E-state index in [4.69, 9.17) is 0 Å². The van der Waals surface area contributed by atoms with Crippen LogP contribution in [0.3, 0.4) is 0 Å². The molecule has 8 rings (SSSR count). The summed E-state index contributed by atoms with van der Waals surface area (Å²) in [5.41, 5.74) is 21.5. The highest BCUT2D eigenvalue weighted by molar-refractivity contribution is 5.62. The highest BCUT2D eigenvalue weighted by Crippen LogP contribution is 2.67. The standard InChI is InChI=1S/C37H43N/c1-20-21(2)23(4)35(24(5)22(20)3)26-11-12-29-31-16-32(31)34-17-30-27(18-37(34,6)33(29)15-26)19-38-14-13-25-9-7-8-10-28(25)36(30)38/h11-14,17,26,31-32,36H,7-10,15-16,18-19H2,1-6H3/t26?,31?,32?,36?,37-/m1/s1. The lowest BCUT2D eigenvalue weighted by Gasteiger charge is -2.45. The molecule has 0 N–H and O–H groups in total. The van der Waals surface area contributed by atoms with Gasteiger partial charge >= 0.3 is 0 Å². The van der Waals surface area contributed by atoms with Gasteiger partial charge in [-0.2, -0.15) is 0 Å². The largest absolute Gasteiger partial charge is 0.363 e. The molecule has 2 aliphatic heterocycles. The van der Waals surface area contributed by atoms with Crippen LogP contribution in [-0.4, -0.2) is 17.5 Å². The Balaban J connectivity index is 1.19. The molecule has 7 aliphatic rings. The lowest BCUT2D eigenvalue weighted by atomic mass is 9.58. The van der Waals surface area contributed by atoms with Crippen LogP contribution in [0.4, 0.5) is 0 Å². The van der Waals surface area contributed by atoms with Gasteiger partial charge in [0.25, 0.3) is 0 Å². The van der Waals surface area contributed by atoms with Gasteiger partial charge in [-0.25, -0.2) is 0 Å². The molecule has 0 saturated heterocycles. The van der Waals surface area contributed by atoms with E-state index in [1.807, 2.05) is 0 Å². The van der Waals surface area contributed by atoms with Crippen molar-refractivity contribution >= 4 is 0 Å². The number of nitrogens with zero attached hydrogens (tertiary/aromatic N) is 1. The van der Waals surface area contributed by atoms with Crippen LogP contribution >= 0.6 is 0 Å². The first-order chi connectivity index (χ1) is 18.3. The van der Waals surface area contributed by atoms with Crippen LogP contribution in [0.5, 0.6) is 0 Å². The van der Waals surface area contributed by atoms with Crippen molar-refractivity contribution in [3.8, 4) is 0 Å². The number of allylic oxidation sites excluding steroid dienone is 7. The van der Waals surface area contributed by atoms with Crippen molar-refractivity contribution < 1.29 is 0 Å². The second kappa shape index (κ2) is 7.77. The maximum Gasteiger partial charge on any atom is 0.0759 e. The van der Waals surface area contributed by atoms with Gasteiger partial charge in [0.15, 0.2) is 0 Å². The predicted molar refractivity (Wildman–Crippen MR) is 158 cm³/mol. The Bertz CT molecular complexity index is 1470. The summed E-state index contributed by atoms with van der Waals surface area (Å²) in [7, 11) is 0. The van der Waals surface area contributed by atoms with Gasteiger partial charge in [0, 0.05) is 24.1 Å². The fourth-order valence-electron chi connectivity index (χ4n) is 9.72. The van der Waals surface area contributed by atoms with Gasteiger partial charge in [-0.15, -0.1) is 0 Å². The molecule has 1 aromatic rings. The average Bonchev–Trinajstić information content (AvgIpc) is 3.64. The third-order valence-corrected chi connectivity index (χ3v) is 12.2. The van der Waals surface area contributed by atoms with Gasteiger partial charge in [0.2, 0.25) is 0 Å². The first kappa shape index (κ1) is 23.4. The van der Waals surface area contributed by atoms with Crippen LogP contribution in [-0.2, 0) is 0 Å². The summed E-state index contributed by atoms with van der Waals surface area (Å²) in [6.07, 6.45) is 22.0. The molecule has 2 heterocycles. The fourth-order valence-corrected chi connectivity index (χ4v) is 9.72. The van der Waals surface area contributed by atoms with Crippen LogP contribution in [0.15, 0.2) is 69.5 Å². The SMILES string of the molecule is Cc1c(C)c(C)c(C2C=CC3=C(C2)[C@@]2(C)CC4=C(C=C2C2CC32)C2C3=C(C=CN2C4)CCCC3)c(C)c1C. The molecule has 5 aliphatic carbocycles. The predicted octanol–water partition coefficient (Wildman–Crippen LogP) is 8.93. The van der Waals surface area contributed by atoms with Gasteiger partial charge in [-0.1, -0.05) is 36.3 Å². The summed E-state index contributed by atoms with van der Waals surface area (Å²) >= 11 is 0. The first-order valence-electron chi connectivity index (χ1n) is 15.4. The monoisotopic (exact) mass is 501 g/mol. The van der Waals surface area contributed by atoms with Gasteiger partial charge in [0.1, 0.15) is 0 Å². The zero-order valence-electron chi connectivity index (χ0n) is 24.3. The topological polar surface area (TPSA) is 3.24 Å². The Kier molecular flexibility index (Phi) is 4.78. The van der Waals surface area contributed by atoms with E-state index >= 15 is 0 Å². The van der Waals surface area contributed by atoms with Crippen molar-refractivity contribution in [1.29, 1.82) is 0 Å². The summed E-state index contributed by atoms with van der Waals surface area (Å²) in [4.78, 5) is 2.68. The van der Waals surface area contributed by atoms with Crippen molar-refractivity contribution in [1.82, 2.24) is 4.90 Å². The van der Waals surface area contributed by atoms with Crippen molar-refractivity contribution in [2.24, 2.45) is 17.3 Å². The molecule has 196 valence electrons. The van der Waals surface area contributed by atoms with Gasteiger partial charge in [-0.05, 0) is 159 Å². The molecular formula is C37H43N. The van der Waals surface area contributed by atoms with Crippen LogP contribution in [0, 0.1) is 51.9 Å². The maximum absolute atomic E-state index is 2.76. The minimum Gasteiger partial charge on any atom is -0.363 e. The quantitative estimate of drug-likeness (QED) is 0.371. The molecule has 4 unspecified atom stereocenters. The molecule has 0 amide bonds. The summed E-state index contributed by atoms with van der Waals surface area (Å²) < 4.78 is 0. The summed E-state index contributed by atoms with van der Waals surface area (Å²) in [6, 6.07) is 0.540.